The number of carbonyl (C=O) groups excluding carboxylic acids is 10. The topological polar surface area (TPSA) is 273 Å². The molecule has 5 heterocycles. The second-order valence-corrected chi connectivity index (χ2v) is 17.7. The second kappa shape index (κ2) is 19.9. The van der Waals surface area contributed by atoms with E-state index in [4.69, 9.17) is 0 Å². The summed E-state index contributed by atoms with van der Waals surface area (Å²) in [5.74, 6) is -3.19. The molecule has 10 amide bonds. The zero-order valence-corrected chi connectivity index (χ0v) is 41.4. The Balaban J connectivity index is 0.000000128. The normalized spacial score (nSPS) is 14.8. The third-order valence-corrected chi connectivity index (χ3v) is 13.3. The fourth-order valence-electron chi connectivity index (χ4n) is 8.64. The highest BCUT2D eigenvalue weighted by Crippen LogP contribution is 2.37. The minimum atomic E-state index is -0.549. The molecular formula is C53H36BrN7O14. The largest absolute Gasteiger partial charge is 0.279 e. The number of hydrogen-bond acceptors (Lipinski definition) is 14. The Morgan fingerprint density at radius 1 is 0.373 bits per heavy atom. The minimum Gasteiger partial charge on any atom is -0.279 e. The number of fused-ring (bicyclic) bond motifs is 1. The van der Waals surface area contributed by atoms with Crippen molar-refractivity contribution in [3.05, 3.63) is 197 Å². The number of benzene rings is 7. The number of rotatable bonds is 2. The molecule has 374 valence electrons. The summed E-state index contributed by atoms with van der Waals surface area (Å²) in [6.07, 6.45) is 2.50. The van der Waals surface area contributed by atoms with Crippen LogP contribution in [0.2, 0.25) is 0 Å². The summed E-state index contributed by atoms with van der Waals surface area (Å²) >= 11 is 3.44. The van der Waals surface area contributed by atoms with Crippen molar-refractivity contribution in [3.63, 3.8) is 0 Å². The van der Waals surface area contributed by atoms with Crippen LogP contribution in [0.1, 0.15) is 82.9 Å². The average molecular weight is 1070 g/mol. The van der Waals surface area contributed by atoms with Crippen molar-refractivity contribution in [2.24, 2.45) is 0 Å². The highest BCUT2D eigenvalue weighted by Gasteiger charge is 2.35. The van der Waals surface area contributed by atoms with Crippen LogP contribution in [0, 0.1) is 20.2 Å². The van der Waals surface area contributed by atoms with E-state index in [1.807, 2.05) is 18.2 Å². The van der Waals surface area contributed by atoms with Crippen molar-refractivity contribution in [3.8, 4) is 0 Å². The molecule has 0 N–H and O–H groups in total. The van der Waals surface area contributed by atoms with Crippen LogP contribution >= 0.6 is 15.9 Å². The monoisotopic (exact) mass is 1070 g/mol. The molecule has 0 spiro atoms. The molecule has 0 aliphatic carbocycles. The average Bonchev–Trinajstić information content (AvgIpc) is 3.84. The lowest BCUT2D eigenvalue weighted by atomic mass is 9.93. The van der Waals surface area contributed by atoms with Crippen molar-refractivity contribution >= 4 is 119 Å². The number of nitro groups is 2. The van der Waals surface area contributed by atoms with Gasteiger partial charge in [0.25, 0.3) is 70.4 Å². The van der Waals surface area contributed by atoms with Crippen molar-refractivity contribution in [1.29, 1.82) is 0 Å². The summed E-state index contributed by atoms with van der Waals surface area (Å²) in [6, 6.07) is 30.8. The van der Waals surface area contributed by atoms with Gasteiger partial charge in [-0.3, -0.25) is 92.7 Å². The highest BCUT2D eigenvalue weighted by atomic mass is 79.9. The number of imide groups is 5. The van der Waals surface area contributed by atoms with E-state index < -0.39 is 33.5 Å². The molecule has 0 radical (unpaired) electrons. The first-order valence-corrected chi connectivity index (χ1v) is 22.9. The van der Waals surface area contributed by atoms with Gasteiger partial charge in [-0.05, 0) is 65.4 Å². The lowest BCUT2D eigenvalue weighted by molar-refractivity contribution is -0.384. The fraction of sp³-hybridized carbons (Fsp3) is 0.0943. The molecule has 0 aromatic heterocycles. The Morgan fingerprint density at radius 2 is 0.747 bits per heavy atom. The van der Waals surface area contributed by atoms with Gasteiger partial charge in [-0.25, -0.2) is 0 Å². The summed E-state index contributed by atoms with van der Waals surface area (Å²) in [6.45, 7) is 0. The molecule has 7 aromatic rings. The Bertz CT molecular complexity index is 3750. The molecule has 22 heteroatoms. The molecule has 12 rings (SSSR count). The quantitative estimate of drug-likeness (QED) is 0.0939. The van der Waals surface area contributed by atoms with Crippen LogP contribution in [-0.2, 0) is 9.59 Å². The first-order chi connectivity index (χ1) is 35.6. The first kappa shape index (κ1) is 51.4. The zero-order chi connectivity index (χ0) is 54.5. The van der Waals surface area contributed by atoms with Gasteiger partial charge >= 0.3 is 0 Å². The Morgan fingerprint density at radius 3 is 1.19 bits per heavy atom. The number of likely N-dealkylation sites (N-methyl/N-ethyl adjacent to an activating group) is 1. The molecule has 0 atom stereocenters. The van der Waals surface area contributed by atoms with E-state index in [1.165, 1.54) is 71.7 Å². The van der Waals surface area contributed by atoms with Crippen LogP contribution in [0.25, 0.3) is 32.3 Å². The van der Waals surface area contributed by atoms with E-state index in [0.717, 1.165) is 39.7 Å². The molecule has 21 nitrogen and oxygen atoms in total. The summed E-state index contributed by atoms with van der Waals surface area (Å²) in [7, 11) is 7.21. The Hall–Kier alpha value is -9.96. The Labute approximate surface area is 431 Å². The summed E-state index contributed by atoms with van der Waals surface area (Å²) in [5.41, 5.74) is 3.14. The van der Waals surface area contributed by atoms with Crippen LogP contribution in [0.5, 0.6) is 0 Å². The van der Waals surface area contributed by atoms with Crippen molar-refractivity contribution in [2.45, 2.75) is 0 Å². The van der Waals surface area contributed by atoms with E-state index in [-0.39, 0.29) is 52.4 Å². The third kappa shape index (κ3) is 8.94. The fourth-order valence-corrected chi connectivity index (χ4v) is 9.11. The van der Waals surface area contributed by atoms with Gasteiger partial charge < -0.3 is 0 Å². The molecule has 5 aliphatic rings. The molecule has 5 aliphatic heterocycles. The second-order valence-electron chi connectivity index (χ2n) is 16.9. The number of nitrogens with zero attached hydrogens (tertiary/aromatic N) is 7. The standard InChI is InChI=1S/C13H8BrNO2.2C13H8N2O4.C9H7NO2.C5H5NO2/c1-15-12(16)8-4-2-3-7-10(14)6-5-9(11(7)8)13(15)17;1-14-12(16)9-4-2-3-7-5-8(15(18)19)6-10(11(7)9)13(14)17;1-14-12(16)8-4-2-3-7-10(15(18)19)6-5-9(11(7)8)13(14)17;1-10-8(11)6-4-2-3-5-7(6)9(10)12;1-6-4(7)2-3-5(6)8/h2-6H,1H3;2*2-6H,1H3;2-5H,1H3;2-3H,1H3. The molecular weight excluding hydrogens is 1040 g/mol. The summed E-state index contributed by atoms with van der Waals surface area (Å²) in [5, 5.41) is 25.2. The van der Waals surface area contributed by atoms with Gasteiger partial charge in [0.15, 0.2) is 0 Å². The maximum Gasteiger partial charge on any atom is 0.277 e. The van der Waals surface area contributed by atoms with E-state index >= 15 is 0 Å². The number of carbonyl (C=O) groups is 10. The van der Waals surface area contributed by atoms with Gasteiger partial charge in [0, 0.05) is 114 Å². The van der Waals surface area contributed by atoms with Crippen molar-refractivity contribution in [2.75, 3.05) is 35.2 Å². The molecule has 0 saturated heterocycles. The van der Waals surface area contributed by atoms with Gasteiger partial charge in [-0.15, -0.1) is 0 Å². The molecule has 0 saturated carbocycles. The summed E-state index contributed by atoms with van der Waals surface area (Å²) < 4.78 is 0.892. The molecule has 0 unspecified atom stereocenters. The molecule has 7 aromatic carbocycles. The Kier molecular flexibility index (Phi) is 13.6. The van der Waals surface area contributed by atoms with Crippen LogP contribution in [0.15, 0.2) is 132 Å². The number of halogens is 1. The number of amides is 10. The van der Waals surface area contributed by atoms with Crippen molar-refractivity contribution in [1.82, 2.24) is 24.5 Å². The molecule has 75 heavy (non-hydrogen) atoms. The van der Waals surface area contributed by atoms with E-state index in [2.05, 4.69) is 15.9 Å². The number of non-ortho nitro benzene ring substituents is 2. The summed E-state index contributed by atoms with van der Waals surface area (Å²) in [4.78, 5) is 142. The van der Waals surface area contributed by atoms with Crippen LogP contribution < -0.4 is 0 Å². The number of nitro benzene ring substituents is 2. The maximum atomic E-state index is 12.1. The predicted molar refractivity (Wildman–Crippen MR) is 272 cm³/mol. The van der Waals surface area contributed by atoms with Gasteiger partial charge in [-0.2, -0.15) is 0 Å². The lowest BCUT2D eigenvalue weighted by Crippen LogP contribution is -2.36. The van der Waals surface area contributed by atoms with Gasteiger partial charge in [-0.1, -0.05) is 58.4 Å². The van der Waals surface area contributed by atoms with E-state index in [9.17, 15) is 68.2 Å². The molecule has 0 fully saturated rings. The van der Waals surface area contributed by atoms with Gasteiger partial charge in [0.2, 0.25) is 0 Å². The van der Waals surface area contributed by atoms with E-state index in [1.54, 1.807) is 72.8 Å². The first-order valence-electron chi connectivity index (χ1n) is 22.1. The van der Waals surface area contributed by atoms with Crippen molar-refractivity contribution < 1.29 is 57.8 Å². The van der Waals surface area contributed by atoms with E-state index in [0.29, 0.717) is 60.5 Å². The third-order valence-electron chi connectivity index (χ3n) is 12.6. The van der Waals surface area contributed by atoms with Crippen LogP contribution in [-0.4, -0.2) is 129 Å². The predicted octanol–water partition coefficient (Wildman–Crippen LogP) is 7.23. The smallest absolute Gasteiger partial charge is 0.277 e. The highest BCUT2D eigenvalue weighted by molar-refractivity contribution is 9.10. The lowest BCUT2D eigenvalue weighted by Gasteiger charge is -2.23. The zero-order valence-electron chi connectivity index (χ0n) is 39.8. The van der Waals surface area contributed by atoms with Gasteiger partial charge in [0.05, 0.1) is 31.9 Å². The van der Waals surface area contributed by atoms with Crippen LogP contribution in [0.4, 0.5) is 11.4 Å². The molecule has 0 bridgehead atoms. The maximum absolute atomic E-state index is 12.1. The van der Waals surface area contributed by atoms with Crippen LogP contribution in [0.3, 0.4) is 0 Å². The SMILES string of the molecule is CN1C(=O)C=CC1=O.CN1C(=O)c2cccc3c(Br)ccc(c23)C1=O.CN1C(=O)c2cccc3c([N+](=O)[O-])ccc(c23)C1=O.CN1C(=O)c2cccc3cc([N+](=O)[O-])cc(c23)C1=O.CN1C(=O)c2ccccc2C1=O. The number of hydrogen-bond donors (Lipinski definition) is 0. The minimum absolute atomic E-state index is 0.106. The van der Waals surface area contributed by atoms with Gasteiger partial charge in [0.1, 0.15) is 0 Å².